The first-order valence-electron chi connectivity index (χ1n) is 11.3. The summed E-state index contributed by atoms with van der Waals surface area (Å²) in [5.74, 6) is -3.97. The van der Waals surface area contributed by atoms with Gasteiger partial charge in [0.25, 0.3) is 0 Å². The summed E-state index contributed by atoms with van der Waals surface area (Å²) in [4.78, 5) is 47.9. The lowest BCUT2D eigenvalue weighted by atomic mass is 9.75. The molecule has 1 aromatic rings. The number of esters is 2. The summed E-state index contributed by atoms with van der Waals surface area (Å²) in [5, 5.41) is 0.429. The molecule has 0 aliphatic carbocycles. The molecule has 36 heavy (non-hydrogen) atoms. The van der Waals surface area contributed by atoms with Crippen LogP contribution in [-0.2, 0) is 34.7 Å². The van der Waals surface area contributed by atoms with Gasteiger partial charge in [-0.1, -0.05) is 29.3 Å². The molecule has 196 valence electrons. The molecule has 1 aromatic carbocycles. The molecule has 0 aromatic heterocycles. The molecule has 1 amide bonds. The second-order valence-electron chi connectivity index (χ2n) is 8.65. The van der Waals surface area contributed by atoms with Crippen molar-refractivity contribution in [3.05, 3.63) is 45.1 Å². The average Bonchev–Trinajstić information content (AvgIpc) is 2.83. The highest BCUT2D eigenvalue weighted by molar-refractivity contribution is 7.85. The van der Waals surface area contributed by atoms with E-state index in [0.717, 1.165) is 13.1 Å². The van der Waals surface area contributed by atoms with Gasteiger partial charge in [-0.2, -0.15) is 0 Å². The van der Waals surface area contributed by atoms with Crippen molar-refractivity contribution >= 4 is 57.6 Å². The number of benzene rings is 1. The van der Waals surface area contributed by atoms with Crippen molar-refractivity contribution < 1.29 is 28.1 Å². The lowest BCUT2D eigenvalue weighted by molar-refractivity contribution is -0.143. The first kappa shape index (κ1) is 28.3. The third kappa shape index (κ3) is 6.16. The Labute approximate surface area is 222 Å². The zero-order valence-electron chi connectivity index (χ0n) is 20.6. The number of carbonyl (C=O) groups excluding carboxylic acids is 3. The fourth-order valence-corrected chi connectivity index (χ4v) is 5.78. The Kier molecular flexibility index (Phi) is 9.68. The molecule has 1 saturated heterocycles. The number of halogens is 2. The molecule has 0 saturated carbocycles. The van der Waals surface area contributed by atoms with E-state index in [1.165, 1.54) is 20.5 Å². The Morgan fingerprint density at radius 2 is 1.69 bits per heavy atom. The lowest BCUT2D eigenvalue weighted by Crippen LogP contribution is -2.47. The topological polar surface area (TPSA) is 106 Å². The SMILES string of the molecule is COC(=O)C1=C(CC(=O)N2CCN(C)CC2)N=C(CS(C)=O)C(C(=O)OC)C1c1c(Cl)cccc1Cl. The number of piperazine rings is 1. The minimum atomic E-state index is -1.39. The Hall–Kier alpha value is -2.27. The number of aliphatic imine (C=N–C) groups is 1. The molecule has 0 N–H and O–H groups in total. The quantitative estimate of drug-likeness (QED) is 0.473. The standard InChI is InChI=1S/C24H29Cl2N3O6S/c1-28-8-10-29(11-9-28)18(30)12-16-20(23(31)34-2)22(19-14(25)6-5-7-15(19)26)21(24(32)35-3)17(27-16)13-36(4)33/h5-7,21-22H,8-13H2,1-4H3. The van der Waals surface area contributed by atoms with Gasteiger partial charge in [0, 0.05) is 64.9 Å². The second kappa shape index (κ2) is 12.3. The molecule has 3 atom stereocenters. The third-order valence-corrected chi connectivity index (χ3v) is 7.65. The highest BCUT2D eigenvalue weighted by Gasteiger charge is 2.46. The van der Waals surface area contributed by atoms with Gasteiger partial charge in [-0.15, -0.1) is 0 Å². The van der Waals surface area contributed by atoms with Crippen molar-refractivity contribution in [3.63, 3.8) is 0 Å². The van der Waals surface area contributed by atoms with Crippen LogP contribution in [0, 0.1) is 5.92 Å². The van der Waals surface area contributed by atoms with E-state index >= 15 is 0 Å². The number of rotatable bonds is 7. The average molecular weight is 558 g/mol. The van der Waals surface area contributed by atoms with E-state index in [2.05, 4.69) is 9.89 Å². The second-order valence-corrected chi connectivity index (χ2v) is 10.9. The monoisotopic (exact) mass is 557 g/mol. The molecule has 2 aliphatic rings. The van der Waals surface area contributed by atoms with E-state index in [0.29, 0.717) is 18.7 Å². The van der Waals surface area contributed by atoms with Gasteiger partial charge < -0.3 is 19.3 Å². The van der Waals surface area contributed by atoms with E-state index in [4.69, 9.17) is 32.7 Å². The predicted octanol–water partition coefficient (Wildman–Crippen LogP) is 2.29. The summed E-state index contributed by atoms with van der Waals surface area (Å²) >= 11 is 13.1. The first-order chi connectivity index (χ1) is 17.1. The number of carbonyl (C=O) groups is 3. The van der Waals surface area contributed by atoms with Crippen molar-refractivity contribution in [3.8, 4) is 0 Å². The normalized spacial score (nSPS) is 21.6. The van der Waals surface area contributed by atoms with Crippen LogP contribution in [0.15, 0.2) is 34.5 Å². The van der Waals surface area contributed by atoms with Crippen LogP contribution < -0.4 is 0 Å². The van der Waals surface area contributed by atoms with Crippen LogP contribution in [0.25, 0.3) is 0 Å². The Balaban J connectivity index is 2.23. The Bertz CT molecular complexity index is 1110. The fourth-order valence-electron chi connectivity index (χ4n) is 4.49. The molecule has 9 nitrogen and oxygen atoms in total. The number of hydrogen-bond acceptors (Lipinski definition) is 8. The van der Waals surface area contributed by atoms with Crippen molar-refractivity contribution in [2.24, 2.45) is 10.9 Å². The number of likely N-dealkylation sites (N-methyl/N-ethyl adjacent to an activating group) is 1. The number of hydrogen-bond donors (Lipinski definition) is 0. The zero-order chi connectivity index (χ0) is 26.6. The van der Waals surface area contributed by atoms with E-state index in [-0.39, 0.29) is 45.1 Å². The summed E-state index contributed by atoms with van der Waals surface area (Å²) < 4.78 is 22.4. The van der Waals surface area contributed by atoms with Gasteiger partial charge in [0.15, 0.2) is 0 Å². The first-order valence-corrected chi connectivity index (χ1v) is 13.7. The maximum atomic E-state index is 13.3. The van der Waals surface area contributed by atoms with Crippen LogP contribution >= 0.6 is 23.2 Å². The van der Waals surface area contributed by atoms with Gasteiger partial charge in [0.1, 0.15) is 5.92 Å². The highest BCUT2D eigenvalue weighted by atomic mass is 35.5. The molecule has 12 heteroatoms. The van der Waals surface area contributed by atoms with Crippen LogP contribution in [0.1, 0.15) is 17.9 Å². The van der Waals surface area contributed by atoms with Gasteiger partial charge in [0.05, 0.1) is 37.7 Å². The summed E-state index contributed by atoms with van der Waals surface area (Å²) in [5.41, 5.74) is 0.649. The molecule has 3 rings (SSSR count). The van der Waals surface area contributed by atoms with Gasteiger partial charge in [-0.05, 0) is 24.7 Å². The lowest BCUT2D eigenvalue weighted by Gasteiger charge is -2.35. The summed E-state index contributed by atoms with van der Waals surface area (Å²) in [7, 11) is 3.00. The molecule has 0 bridgehead atoms. The van der Waals surface area contributed by atoms with E-state index in [1.807, 2.05) is 7.05 Å². The minimum Gasteiger partial charge on any atom is -0.468 e. The molecule has 2 aliphatic heterocycles. The molecule has 1 fully saturated rings. The summed E-state index contributed by atoms with van der Waals surface area (Å²) in [6, 6.07) is 4.81. The minimum absolute atomic E-state index is 0.00369. The molecule has 3 unspecified atom stereocenters. The fraction of sp³-hybridized carbons (Fsp3) is 0.500. The van der Waals surface area contributed by atoms with Crippen molar-refractivity contribution in [2.45, 2.75) is 12.3 Å². The zero-order valence-corrected chi connectivity index (χ0v) is 22.9. The third-order valence-electron chi connectivity index (χ3n) is 6.29. The van der Waals surface area contributed by atoms with E-state index < -0.39 is 34.6 Å². The van der Waals surface area contributed by atoms with Crippen LogP contribution in [0.2, 0.25) is 10.0 Å². The molecule has 0 spiro atoms. The van der Waals surface area contributed by atoms with Crippen LogP contribution in [0.4, 0.5) is 0 Å². The largest absolute Gasteiger partial charge is 0.468 e. The van der Waals surface area contributed by atoms with Gasteiger partial charge in [-0.25, -0.2) is 4.79 Å². The van der Waals surface area contributed by atoms with Gasteiger partial charge in [0.2, 0.25) is 5.91 Å². The smallest absolute Gasteiger partial charge is 0.336 e. The molecular formula is C24H29Cl2N3O6S. The maximum Gasteiger partial charge on any atom is 0.336 e. The molecule has 2 heterocycles. The van der Waals surface area contributed by atoms with Gasteiger partial charge >= 0.3 is 11.9 Å². The molecule has 0 radical (unpaired) electrons. The van der Waals surface area contributed by atoms with E-state index in [9.17, 15) is 18.6 Å². The number of nitrogens with zero attached hydrogens (tertiary/aromatic N) is 3. The summed E-state index contributed by atoms with van der Waals surface area (Å²) in [6.07, 6.45) is 1.27. The van der Waals surface area contributed by atoms with Gasteiger partial charge in [-0.3, -0.25) is 18.8 Å². The van der Waals surface area contributed by atoms with Crippen molar-refractivity contribution in [2.75, 3.05) is 59.5 Å². The summed E-state index contributed by atoms with van der Waals surface area (Å²) in [6.45, 7) is 2.52. The van der Waals surface area contributed by atoms with Crippen molar-refractivity contribution in [1.82, 2.24) is 9.80 Å². The predicted molar refractivity (Wildman–Crippen MR) is 139 cm³/mol. The van der Waals surface area contributed by atoms with Crippen LogP contribution in [-0.4, -0.2) is 97.0 Å². The highest BCUT2D eigenvalue weighted by Crippen LogP contribution is 2.46. The Morgan fingerprint density at radius 3 is 2.22 bits per heavy atom. The Morgan fingerprint density at radius 1 is 1.08 bits per heavy atom. The maximum absolute atomic E-state index is 13.3. The van der Waals surface area contributed by atoms with E-state index in [1.54, 1.807) is 23.1 Å². The number of amides is 1. The van der Waals surface area contributed by atoms with Crippen LogP contribution in [0.5, 0.6) is 0 Å². The van der Waals surface area contributed by atoms with Crippen LogP contribution in [0.3, 0.4) is 0 Å². The number of ether oxygens (including phenoxy) is 2. The molecular weight excluding hydrogens is 529 g/mol. The number of methoxy groups -OCH3 is 2. The van der Waals surface area contributed by atoms with Crippen molar-refractivity contribution in [1.29, 1.82) is 0 Å².